The molecule has 1 atom stereocenters. The van der Waals surface area contributed by atoms with Crippen LogP contribution in [-0.4, -0.2) is 17.2 Å². The number of thioether (sulfide) groups is 1. The number of nitrogens with zero attached hydrogens (tertiary/aromatic N) is 2. The maximum absolute atomic E-state index is 5.24. The molecular weight excluding hydrogens is 270 g/mol. The summed E-state index contributed by atoms with van der Waals surface area (Å²) in [4.78, 5) is 5.60. The fourth-order valence-corrected chi connectivity index (χ4v) is 2.66. The van der Waals surface area contributed by atoms with E-state index in [0.29, 0.717) is 17.7 Å². The summed E-state index contributed by atoms with van der Waals surface area (Å²) < 4.78 is 5.24. The van der Waals surface area contributed by atoms with Gasteiger partial charge in [0, 0.05) is 17.4 Å². The molecule has 0 amide bonds. The fraction of sp³-hybridized carbons (Fsp3) is 0.467. The molecule has 1 unspecified atom stereocenters. The van der Waals surface area contributed by atoms with Crippen molar-refractivity contribution in [2.45, 2.75) is 43.4 Å². The third-order valence-corrected chi connectivity index (χ3v) is 4.12. The number of aromatic nitrogens is 2. The zero-order valence-corrected chi connectivity index (χ0v) is 13.0. The quantitative estimate of drug-likeness (QED) is 0.790. The highest BCUT2D eigenvalue weighted by Crippen LogP contribution is 2.25. The van der Waals surface area contributed by atoms with Gasteiger partial charge in [-0.15, -0.1) is 11.8 Å². The van der Waals surface area contributed by atoms with Crippen LogP contribution < -0.4 is 5.32 Å². The summed E-state index contributed by atoms with van der Waals surface area (Å²) in [5.41, 5.74) is 1.29. The van der Waals surface area contributed by atoms with Crippen molar-refractivity contribution in [3.05, 3.63) is 41.5 Å². The van der Waals surface area contributed by atoms with Gasteiger partial charge in [-0.2, -0.15) is 4.98 Å². The molecule has 0 fully saturated rings. The Balaban J connectivity index is 1.96. The molecular formula is C15H21N3OS. The summed E-state index contributed by atoms with van der Waals surface area (Å²) in [6.07, 6.45) is 1.92. The molecule has 1 aromatic carbocycles. The van der Waals surface area contributed by atoms with Crippen molar-refractivity contribution >= 4 is 11.8 Å². The van der Waals surface area contributed by atoms with E-state index in [1.165, 1.54) is 10.5 Å². The first-order valence-electron chi connectivity index (χ1n) is 6.94. The molecule has 20 heavy (non-hydrogen) atoms. The summed E-state index contributed by atoms with van der Waals surface area (Å²) in [5.74, 6) is 2.22. The second-order valence-electron chi connectivity index (χ2n) is 4.73. The summed E-state index contributed by atoms with van der Waals surface area (Å²) >= 11 is 1.72. The van der Waals surface area contributed by atoms with Crippen LogP contribution in [-0.2, 0) is 12.2 Å². The Bertz CT molecular complexity index is 541. The van der Waals surface area contributed by atoms with E-state index in [0.717, 1.165) is 18.7 Å². The lowest BCUT2D eigenvalue weighted by Gasteiger charge is -2.11. The molecule has 0 bridgehead atoms. The van der Waals surface area contributed by atoms with E-state index in [2.05, 4.69) is 53.6 Å². The fourth-order valence-electron chi connectivity index (χ4n) is 1.86. The topological polar surface area (TPSA) is 51.0 Å². The number of benzene rings is 1. The first kappa shape index (κ1) is 15.1. The highest BCUT2D eigenvalue weighted by Gasteiger charge is 2.07. The van der Waals surface area contributed by atoms with Gasteiger partial charge >= 0.3 is 0 Å². The molecule has 1 N–H and O–H groups in total. The Morgan fingerprint density at radius 2 is 2.25 bits per heavy atom. The zero-order chi connectivity index (χ0) is 14.4. The van der Waals surface area contributed by atoms with Crippen LogP contribution in [0.3, 0.4) is 0 Å². The van der Waals surface area contributed by atoms with Gasteiger partial charge in [0.25, 0.3) is 0 Å². The van der Waals surface area contributed by atoms with Crippen LogP contribution in [0.25, 0.3) is 0 Å². The molecule has 0 aliphatic rings. The van der Waals surface area contributed by atoms with Crippen molar-refractivity contribution in [2.24, 2.45) is 0 Å². The average Bonchev–Trinajstić information content (AvgIpc) is 2.93. The van der Waals surface area contributed by atoms with Crippen LogP contribution in [0.5, 0.6) is 0 Å². The molecule has 108 valence electrons. The summed E-state index contributed by atoms with van der Waals surface area (Å²) in [6, 6.07) is 8.89. The van der Waals surface area contributed by atoms with Gasteiger partial charge in [-0.1, -0.05) is 24.2 Å². The van der Waals surface area contributed by atoms with Crippen molar-refractivity contribution < 1.29 is 4.52 Å². The second kappa shape index (κ2) is 7.45. The van der Waals surface area contributed by atoms with Crippen molar-refractivity contribution in [3.8, 4) is 0 Å². The lowest BCUT2D eigenvalue weighted by atomic mass is 10.1. The van der Waals surface area contributed by atoms with E-state index >= 15 is 0 Å². The van der Waals surface area contributed by atoms with E-state index in [1.807, 2.05) is 7.05 Å². The Kier molecular flexibility index (Phi) is 5.61. The standard InChI is InChI=1S/C15H21N3OS/c1-4-6-14-17-15(19-18-14)10-20-13-8-5-7-12(9-13)11(2)16-3/h5,7-9,11,16H,4,6,10H2,1-3H3. The van der Waals surface area contributed by atoms with Gasteiger partial charge in [0.05, 0.1) is 5.75 Å². The number of hydrogen-bond donors (Lipinski definition) is 1. The SMILES string of the molecule is CCCc1noc(CSc2cccc(C(C)NC)c2)n1. The van der Waals surface area contributed by atoms with Crippen LogP contribution in [0.2, 0.25) is 0 Å². The van der Waals surface area contributed by atoms with Crippen LogP contribution >= 0.6 is 11.8 Å². The number of hydrogen-bond acceptors (Lipinski definition) is 5. The average molecular weight is 291 g/mol. The molecule has 4 nitrogen and oxygen atoms in total. The maximum atomic E-state index is 5.24. The van der Waals surface area contributed by atoms with Crippen molar-refractivity contribution in [1.29, 1.82) is 0 Å². The normalized spacial score (nSPS) is 12.6. The van der Waals surface area contributed by atoms with Gasteiger partial charge in [0.15, 0.2) is 5.82 Å². The molecule has 0 saturated heterocycles. The van der Waals surface area contributed by atoms with Crippen molar-refractivity contribution in [3.63, 3.8) is 0 Å². The van der Waals surface area contributed by atoms with E-state index in [1.54, 1.807) is 11.8 Å². The predicted molar refractivity (Wildman–Crippen MR) is 81.8 cm³/mol. The maximum Gasteiger partial charge on any atom is 0.237 e. The van der Waals surface area contributed by atoms with E-state index < -0.39 is 0 Å². The van der Waals surface area contributed by atoms with Crippen LogP contribution in [0.1, 0.15) is 43.6 Å². The Morgan fingerprint density at radius 1 is 1.40 bits per heavy atom. The molecule has 0 aliphatic heterocycles. The van der Waals surface area contributed by atoms with Gasteiger partial charge < -0.3 is 9.84 Å². The molecule has 2 rings (SSSR count). The molecule has 0 spiro atoms. The molecule has 5 heteroatoms. The van der Waals surface area contributed by atoms with E-state index in [9.17, 15) is 0 Å². The summed E-state index contributed by atoms with van der Waals surface area (Å²) in [5, 5.41) is 7.22. The monoisotopic (exact) mass is 291 g/mol. The van der Waals surface area contributed by atoms with Crippen molar-refractivity contribution in [2.75, 3.05) is 7.05 Å². The highest BCUT2D eigenvalue weighted by atomic mass is 32.2. The van der Waals surface area contributed by atoms with Crippen LogP contribution in [0.15, 0.2) is 33.7 Å². The number of rotatable bonds is 7. The molecule has 1 heterocycles. The second-order valence-corrected chi connectivity index (χ2v) is 5.77. The Hall–Kier alpha value is -1.33. The smallest absolute Gasteiger partial charge is 0.237 e. The molecule has 2 aromatic rings. The predicted octanol–water partition coefficient (Wildman–Crippen LogP) is 3.59. The Labute approximate surface area is 124 Å². The highest BCUT2D eigenvalue weighted by molar-refractivity contribution is 7.98. The third kappa shape index (κ3) is 4.08. The first-order valence-corrected chi connectivity index (χ1v) is 7.93. The van der Waals surface area contributed by atoms with Crippen LogP contribution in [0.4, 0.5) is 0 Å². The minimum absolute atomic E-state index is 0.357. The molecule has 0 radical (unpaired) electrons. The molecule has 0 saturated carbocycles. The van der Waals surface area contributed by atoms with Gasteiger partial charge in [-0.05, 0) is 38.1 Å². The minimum atomic E-state index is 0.357. The lowest BCUT2D eigenvalue weighted by Crippen LogP contribution is -2.11. The number of nitrogens with one attached hydrogen (secondary N) is 1. The van der Waals surface area contributed by atoms with Gasteiger partial charge in [0.1, 0.15) is 0 Å². The minimum Gasteiger partial charge on any atom is -0.338 e. The van der Waals surface area contributed by atoms with Crippen molar-refractivity contribution in [1.82, 2.24) is 15.5 Å². The van der Waals surface area contributed by atoms with E-state index in [-0.39, 0.29) is 0 Å². The summed E-state index contributed by atoms with van der Waals surface area (Å²) in [7, 11) is 1.97. The first-order chi connectivity index (χ1) is 9.72. The molecule has 1 aromatic heterocycles. The lowest BCUT2D eigenvalue weighted by molar-refractivity contribution is 0.384. The zero-order valence-electron chi connectivity index (χ0n) is 12.2. The van der Waals surface area contributed by atoms with Crippen LogP contribution in [0, 0.1) is 0 Å². The molecule has 0 aliphatic carbocycles. The number of aryl methyl sites for hydroxylation is 1. The van der Waals surface area contributed by atoms with Gasteiger partial charge in [-0.3, -0.25) is 0 Å². The third-order valence-electron chi connectivity index (χ3n) is 3.14. The Morgan fingerprint density at radius 3 is 3.00 bits per heavy atom. The van der Waals surface area contributed by atoms with Gasteiger partial charge in [0.2, 0.25) is 5.89 Å². The van der Waals surface area contributed by atoms with E-state index in [4.69, 9.17) is 4.52 Å². The summed E-state index contributed by atoms with van der Waals surface area (Å²) in [6.45, 7) is 4.26. The van der Waals surface area contributed by atoms with Gasteiger partial charge in [-0.25, -0.2) is 0 Å². The largest absolute Gasteiger partial charge is 0.338 e.